The van der Waals surface area contributed by atoms with E-state index in [0.29, 0.717) is 44.6 Å². The van der Waals surface area contributed by atoms with Gasteiger partial charge in [0.2, 0.25) is 5.91 Å². The Hall–Kier alpha value is -3.61. The van der Waals surface area contributed by atoms with E-state index in [1.165, 1.54) is 12.1 Å². The lowest BCUT2D eigenvalue weighted by atomic mass is 9.81. The van der Waals surface area contributed by atoms with Gasteiger partial charge in [-0.25, -0.2) is 15.4 Å². The van der Waals surface area contributed by atoms with Crippen LogP contribution in [0.1, 0.15) is 42.9 Å². The molecule has 1 amide bonds. The van der Waals surface area contributed by atoms with Gasteiger partial charge < -0.3 is 20.6 Å². The maximum absolute atomic E-state index is 13.3. The van der Waals surface area contributed by atoms with Crippen molar-refractivity contribution in [1.82, 2.24) is 20.7 Å². The van der Waals surface area contributed by atoms with Crippen LogP contribution in [0.4, 0.5) is 37.8 Å². The number of fused-ring (bicyclic) bond motifs is 1. The molecule has 15 heteroatoms. The molecule has 4 heterocycles. The number of piperidine rings is 2. The minimum atomic E-state index is -4.81. The van der Waals surface area contributed by atoms with Crippen molar-refractivity contribution in [2.75, 3.05) is 29.9 Å². The third-order valence-corrected chi connectivity index (χ3v) is 8.29. The molecule has 1 aromatic carbocycles. The number of hydrogen-bond donors (Lipinski definition) is 4. The lowest BCUT2D eigenvalue weighted by molar-refractivity contribution is -0.206. The Morgan fingerprint density at radius 3 is 2.45 bits per heavy atom. The van der Waals surface area contributed by atoms with Crippen molar-refractivity contribution < 1.29 is 36.2 Å². The van der Waals surface area contributed by atoms with Crippen LogP contribution in [0.25, 0.3) is 0 Å². The van der Waals surface area contributed by atoms with Crippen LogP contribution in [-0.2, 0) is 11.0 Å². The maximum atomic E-state index is 13.3. The highest BCUT2D eigenvalue weighted by Crippen LogP contribution is 2.41. The summed E-state index contributed by atoms with van der Waals surface area (Å²) in [6, 6.07) is 8.92. The number of hydrazine groups is 1. The summed E-state index contributed by atoms with van der Waals surface area (Å²) in [6.07, 6.45) is -9.98. The maximum Gasteiger partial charge on any atom is 0.418 e. The number of aliphatic hydroxyl groups excluding tert-OH is 1. The second-order valence-corrected chi connectivity index (χ2v) is 10.8. The van der Waals surface area contributed by atoms with E-state index >= 15 is 0 Å². The number of aliphatic hydroxyl groups is 1. The third kappa shape index (κ3) is 5.83. The molecule has 5 rings (SSSR count). The molecule has 3 saturated heterocycles. The zero-order chi connectivity index (χ0) is 30.3. The molecule has 0 bridgehead atoms. The van der Waals surface area contributed by atoms with Crippen LogP contribution in [0.15, 0.2) is 42.6 Å². The van der Waals surface area contributed by atoms with Gasteiger partial charge in [-0.1, -0.05) is 12.1 Å². The summed E-state index contributed by atoms with van der Waals surface area (Å²) in [5.41, 5.74) is 1.92. The molecular weight excluding hydrogens is 568 g/mol. The van der Waals surface area contributed by atoms with Crippen LogP contribution in [0.3, 0.4) is 0 Å². The second-order valence-electron chi connectivity index (χ2n) is 10.8. The number of benzene rings is 1. The van der Waals surface area contributed by atoms with Crippen molar-refractivity contribution in [3.05, 3.63) is 53.7 Å². The number of pyridine rings is 1. The summed E-state index contributed by atoms with van der Waals surface area (Å²) in [5.74, 6) is -0.628. The van der Waals surface area contributed by atoms with Crippen molar-refractivity contribution in [1.29, 1.82) is 5.26 Å². The van der Waals surface area contributed by atoms with Crippen molar-refractivity contribution in [2.24, 2.45) is 5.92 Å². The van der Waals surface area contributed by atoms with Gasteiger partial charge in [-0.15, -0.1) is 0 Å². The minimum absolute atomic E-state index is 0.103. The number of hydrogen-bond acceptors (Lipinski definition) is 8. The minimum Gasteiger partial charge on any atom is -0.379 e. The normalized spacial score (nSPS) is 25.3. The van der Waals surface area contributed by atoms with Crippen LogP contribution in [0, 0.1) is 17.2 Å². The Morgan fingerprint density at radius 2 is 1.83 bits per heavy atom. The summed E-state index contributed by atoms with van der Waals surface area (Å²) < 4.78 is 78.5. The zero-order valence-corrected chi connectivity index (χ0v) is 22.2. The molecule has 42 heavy (non-hydrogen) atoms. The summed E-state index contributed by atoms with van der Waals surface area (Å²) in [6.45, 7) is 1.08. The number of nitrogens with zero attached hydrogens (tertiary/aromatic N) is 4. The zero-order valence-electron chi connectivity index (χ0n) is 22.2. The first-order valence-corrected chi connectivity index (χ1v) is 13.4. The van der Waals surface area contributed by atoms with Gasteiger partial charge in [0.25, 0.3) is 0 Å². The van der Waals surface area contributed by atoms with E-state index < -0.39 is 41.6 Å². The largest absolute Gasteiger partial charge is 0.418 e. The molecule has 4 N–H and O–H groups in total. The predicted octanol–water partition coefficient (Wildman–Crippen LogP) is 3.71. The fraction of sp³-hybridized carbons (Fsp3) is 0.519. The predicted molar refractivity (Wildman–Crippen MR) is 138 cm³/mol. The number of rotatable bonds is 6. The number of amides is 1. The highest BCUT2D eigenvalue weighted by molar-refractivity contribution is 5.82. The standard InChI is InChI=1S/C27H29F6N7O2/c28-26(29,30)17-5-11-35-20(15-17)39-13-8-25(7-10-34,9-14-39)40-19-6-12-36-24(42)21(19)23(38-40)37-18-3-1-16(2-4-18)22(41)27(31,32)33/h1-5,11,15,19,21-23,37-38,41H,6-9,12-14H2,(H,36,42)/t19?,21?,22-,23?/m0/s1. The first-order valence-electron chi connectivity index (χ1n) is 13.4. The van der Waals surface area contributed by atoms with Gasteiger partial charge >= 0.3 is 12.4 Å². The summed E-state index contributed by atoms with van der Waals surface area (Å²) in [7, 11) is 0. The number of anilines is 2. The number of alkyl halides is 6. The third-order valence-electron chi connectivity index (χ3n) is 8.29. The molecule has 0 spiro atoms. The molecule has 226 valence electrons. The van der Waals surface area contributed by atoms with Gasteiger partial charge in [-0.05, 0) is 49.1 Å². The topological polar surface area (TPSA) is 117 Å². The monoisotopic (exact) mass is 597 g/mol. The van der Waals surface area contributed by atoms with Crippen molar-refractivity contribution in [3.63, 3.8) is 0 Å². The molecule has 3 fully saturated rings. The molecule has 0 radical (unpaired) electrons. The molecule has 2 aromatic rings. The SMILES string of the molecule is N#CCC1(N2NC(Nc3ccc([C@H](O)C(F)(F)F)cc3)C3C(=O)NCCC32)CCN(c2cc(C(F)(F)F)ccn2)CC1. The smallest absolute Gasteiger partial charge is 0.379 e. The molecule has 3 aliphatic rings. The number of carbonyl (C=O) groups is 1. The van der Waals surface area contributed by atoms with Crippen LogP contribution in [0.2, 0.25) is 0 Å². The van der Waals surface area contributed by atoms with Crippen molar-refractivity contribution in [3.8, 4) is 6.07 Å². The highest BCUT2D eigenvalue weighted by Gasteiger charge is 2.55. The number of nitrogens with one attached hydrogen (secondary N) is 3. The quantitative estimate of drug-likeness (QED) is 0.373. The van der Waals surface area contributed by atoms with Gasteiger partial charge in [-0.2, -0.15) is 31.6 Å². The fourth-order valence-electron chi connectivity index (χ4n) is 6.12. The number of nitriles is 1. The Balaban J connectivity index is 1.35. The molecule has 3 unspecified atom stereocenters. The summed E-state index contributed by atoms with van der Waals surface area (Å²) >= 11 is 0. The van der Waals surface area contributed by atoms with Crippen molar-refractivity contribution in [2.45, 2.75) is 61.9 Å². The molecule has 0 aliphatic carbocycles. The van der Waals surface area contributed by atoms with E-state index in [-0.39, 0.29) is 29.8 Å². The lowest BCUT2D eigenvalue weighted by Gasteiger charge is -2.49. The van der Waals surface area contributed by atoms with E-state index in [2.05, 4.69) is 27.1 Å². The van der Waals surface area contributed by atoms with E-state index in [0.717, 1.165) is 30.5 Å². The first kappa shape index (κ1) is 29.9. The van der Waals surface area contributed by atoms with E-state index in [1.807, 2.05) is 5.01 Å². The highest BCUT2D eigenvalue weighted by atomic mass is 19.4. The molecule has 3 aliphatic heterocycles. The van der Waals surface area contributed by atoms with Gasteiger partial charge in [0, 0.05) is 37.6 Å². The average molecular weight is 598 g/mol. The molecule has 9 nitrogen and oxygen atoms in total. The van der Waals surface area contributed by atoms with Crippen LogP contribution in [0.5, 0.6) is 0 Å². The Bertz CT molecular complexity index is 1320. The number of halogens is 6. The van der Waals surface area contributed by atoms with Crippen LogP contribution >= 0.6 is 0 Å². The number of aromatic nitrogens is 1. The van der Waals surface area contributed by atoms with Crippen LogP contribution in [-0.4, -0.2) is 64.6 Å². The molecule has 4 atom stereocenters. The van der Waals surface area contributed by atoms with Crippen molar-refractivity contribution >= 4 is 17.4 Å². The van der Waals surface area contributed by atoms with Gasteiger partial charge in [0.15, 0.2) is 6.10 Å². The summed E-state index contributed by atoms with van der Waals surface area (Å²) in [4.78, 5) is 18.9. The van der Waals surface area contributed by atoms with E-state index in [4.69, 9.17) is 0 Å². The Labute approximate surface area is 237 Å². The lowest BCUT2D eigenvalue weighted by Crippen LogP contribution is -2.62. The van der Waals surface area contributed by atoms with Crippen LogP contribution < -0.4 is 21.0 Å². The average Bonchev–Trinajstić information content (AvgIpc) is 3.33. The van der Waals surface area contributed by atoms with E-state index in [9.17, 15) is 41.5 Å². The second kappa shape index (κ2) is 11.2. The Morgan fingerprint density at radius 1 is 1.14 bits per heavy atom. The Kier molecular flexibility index (Phi) is 7.99. The van der Waals surface area contributed by atoms with E-state index in [1.54, 1.807) is 4.90 Å². The van der Waals surface area contributed by atoms with Gasteiger partial charge in [-0.3, -0.25) is 4.79 Å². The fourth-order valence-corrected chi connectivity index (χ4v) is 6.12. The molecular formula is C27H29F6N7O2. The number of carbonyl (C=O) groups excluding carboxylic acids is 1. The molecule has 1 aromatic heterocycles. The summed E-state index contributed by atoms with van der Waals surface area (Å²) in [5, 5.41) is 27.3. The molecule has 0 saturated carbocycles. The van der Waals surface area contributed by atoms with Gasteiger partial charge in [0.05, 0.1) is 29.5 Å². The first-order chi connectivity index (χ1) is 19.8. The van der Waals surface area contributed by atoms with Gasteiger partial charge in [0.1, 0.15) is 12.0 Å².